The van der Waals surface area contributed by atoms with Crippen LogP contribution in [0.25, 0.3) is 99.5 Å². The van der Waals surface area contributed by atoms with Gasteiger partial charge in [-0.1, -0.05) is 231 Å². The maximum atomic E-state index is 7.05. The van der Waals surface area contributed by atoms with Crippen LogP contribution < -0.4 is 4.90 Å². The van der Waals surface area contributed by atoms with Crippen molar-refractivity contribution < 1.29 is 4.42 Å². The zero-order chi connectivity index (χ0) is 43.8. The highest BCUT2D eigenvalue weighted by Gasteiger charge is 2.22. The molecular formula is C64H43NO. The molecule has 0 bridgehead atoms. The molecule has 0 amide bonds. The number of anilines is 3. The Hall–Kier alpha value is -8.72. The van der Waals surface area contributed by atoms with E-state index in [1.54, 1.807) is 0 Å². The molecule has 0 fully saturated rings. The Bertz CT molecular complexity index is 3660. The van der Waals surface area contributed by atoms with Crippen LogP contribution in [0.2, 0.25) is 0 Å². The average Bonchev–Trinajstić information content (AvgIpc) is 3.79. The lowest BCUT2D eigenvalue weighted by Crippen LogP contribution is -2.10. The Morgan fingerprint density at radius 1 is 0.242 bits per heavy atom. The molecule has 11 aromatic carbocycles. The monoisotopic (exact) mass is 841 g/mol. The molecule has 0 spiro atoms. The first-order valence-corrected chi connectivity index (χ1v) is 22.6. The van der Waals surface area contributed by atoms with Crippen molar-refractivity contribution in [1.82, 2.24) is 0 Å². The highest BCUT2D eigenvalue weighted by atomic mass is 16.3. The summed E-state index contributed by atoms with van der Waals surface area (Å²) in [7, 11) is 0. The highest BCUT2D eigenvalue weighted by Crippen LogP contribution is 2.46. The summed E-state index contributed by atoms with van der Waals surface area (Å²) in [4.78, 5) is 2.34. The van der Waals surface area contributed by atoms with Gasteiger partial charge in [0, 0.05) is 27.7 Å². The molecule has 0 saturated carbocycles. The molecule has 66 heavy (non-hydrogen) atoms. The molecule has 0 N–H and O–H groups in total. The summed E-state index contributed by atoms with van der Waals surface area (Å²) < 4.78 is 7.05. The van der Waals surface area contributed by atoms with Crippen LogP contribution in [-0.4, -0.2) is 0 Å². The van der Waals surface area contributed by atoms with Crippen molar-refractivity contribution >= 4 is 49.8 Å². The minimum atomic E-state index is 0.841. The van der Waals surface area contributed by atoms with Gasteiger partial charge in [-0.2, -0.15) is 0 Å². The van der Waals surface area contributed by atoms with Gasteiger partial charge in [0.2, 0.25) is 0 Å². The van der Waals surface area contributed by atoms with Crippen molar-refractivity contribution in [2.75, 3.05) is 4.90 Å². The number of hydrogen-bond donors (Lipinski definition) is 0. The highest BCUT2D eigenvalue weighted by molar-refractivity contribution is 6.14. The molecule has 1 heterocycles. The van der Waals surface area contributed by atoms with Crippen LogP contribution in [0.15, 0.2) is 265 Å². The summed E-state index contributed by atoms with van der Waals surface area (Å²) in [6.45, 7) is 0. The summed E-state index contributed by atoms with van der Waals surface area (Å²) >= 11 is 0. The molecule has 0 aliphatic heterocycles. The Labute approximate surface area is 384 Å². The lowest BCUT2D eigenvalue weighted by atomic mass is 9.89. The quantitative estimate of drug-likeness (QED) is 0.144. The molecule has 12 aromatic rings. The molecule has 0 radical (unpaired) electrons. The Balaban J connectivity index is 1.01. The van der Waals surface area contributed by atoms with Crippen molar-refractivity contribution in [3.63, 3.8) is 0 Å². The minimum absolute atomic E-state index is 0.841. The van der Waals surface area contributed by atoms with Crippen molar-refractivity contribution in [2.45, 2.75) is 0 Å². The minimum Gasteiger partial charge on any atom is -0.453 e. The zero-order valence-corrected chi connectivity index (χ0v) is 36.2. The van der Waals surface area contributed by atoms with E-state index in [9.17, 15) is 0 Å². The van der Waals surface area contributed by atoms with Gasteiger partial charge in [-0.05, 0) is 102 Å². The maximum absolute atomic E-state index is 7.05. The SMILES string of the molecule is c1ccc(-c2ccccc2-c2ccccc2-c2ccc(N(c3ccc(-c4cccc5cccc(-c6ccccc6)c45)cc3)c3cccc4c3oc3c(-c5ccccc5)cccc34)cc2)cc1. The van der Waals surface area contributed by atoms with Gasteiger partial charge in [0.05, 0.1) is 5.69 Å². The van der Waals surface area contributed by atoms with Gasteiger partial charge in [0.25, 0.3) is 0 Å². The summed E-state index contributed by atoms with van der Waals surface area (Å²) in [5.74, 6) is 0. The van der Waals surface area contributed by atoms with Gasteiger partial charge in [-0.25, -0.2) is 0 Å². The lowest BCUT2D eigenvalue weighted by Gasteiger charge is -2.26. The van der Waals surface area contributed by atoms with Crippen LogP contribution in [0.5, 0.6) is 0 Å². The van der Waals surface area contributed by atoms with E-state index in [-0.39, 0.29) is 0 Å². The predicted molar refractivity (Wildman–Crippen MR) is 279 cm³/mol. The second-order valence-corrected chi connectivity index (χ2v) is 16.8. The molecule has 12 rings (SSSR count). The van der Waals surface area contributed by atoms with E-state index < -0.39 is 0 Å². The summed E-state index contributed by atoms with van der Waals surface area (Å²) in [5, 5.41) is 4.64. The van der Waals surface area contributed by atoms with Crippen LogP contribution >= 0.6 is 0 Å². The second-order valence-electron chi connectivity index (χ2n) is 16.8. The summed E-state index contributed by atoms with van der Waals surface area (Å²) in [6.07, 6.45) is 0. The van der Waals surface area contributed by atoms with Crippen molar-refractivity contribution in [3.05, 3.63) is 261 Å². The number of benzene rings is 11. The average molecular weight is 842 g/mol. The predicted octanol–water partition coefficient (Wildman–Crippen LogP) is 18.2. The van der Waals surface area contributed by atoms with Gasteiger partial charge in [0.15, 0.2) is 5.58 Å². The van der Waals surface area contributed by atoms with E-state index in [1.807, 2.05) is 0 Å². The van der Waals surface area contributed by atoms with Crippen molar-refractivity contribution in [3.8, 4) is 66.8 Å². The Kier molecular flexibility index (Phi) is 9.89. The molecule has 2 heteroatoms. The first-order chi connectivity index (χ1) is 32.8. The number of nitrogens with zero attached hydrogens (tertiary/aromatic N) is 1. The van der Waals surface area contributed by atoms with E-state index in [1.165, 1.54) is 55.3 Å². The van der Waals surface area contributed by atoms with E-state index in [4.69, 9.17) is 4.42 Å². The zero-order valence-electron chi connectivity index (χ0n) is 36.2. The fourth-order valence-corrected chi connectivity index (χ4v) is 9.83. The van der Waals surface area contributed by atoms with E-state index in [0.717, 1.165) is 61.3 Å². The van der Waals surface area contributed by atoms with Crippen LogP contribution in [0.3, 0.4) is 0 Å². The van der Waals surface area contributed by atoms with Crippen LogP contribution in [-0.2, 0) is 0 Å². The largest absolute Gasteiger partial charge is 0.453 e. The van der Waals surface area contributed by atoms with Gasteiger partial charge in [-0.15, -0.1) is 0 Å². The molecule has 2 nitrogen and oxygen atoms in total. The topological polar surface area (TPSA) is 16.4 Å². The maximum Gasteiger partial charge on any atom is 0.159 e. The fraction of sp³-hybridized carbons (Fsp3) is 0. The number of furan rings is 1. The normalized spacial score (nSPS) is 11.3. The standard InChI is InChI=1S/C64H43NO/c1-4-18-44(19-5-1)52-26-10-12-28-57(52)58-29-13-11-27-53(58)47-36-40-50(41-37-47)65(61-35-17-34-60-59-33-16-32-56(63(59)66-64(60)61)46-22-8-3-9-23-46)51-42-38-48(39-43-51)55-31-15-25-49-24-14-30-54(62(49)55)45-20-6-2-7-21-45/h1-43H. The second kappa shape index (κ2) is 16.8. The third-order valence-corrected chi connectivity index (χ3v) is 12.9. The lowest BCUT2D eigenvalue weighted by molar-refractivity contribution is 0.670. The van der Waals surface area contributed by atoms with Crippen molar-refractivity contribution in [2.24, 2.45) is 0 Å². The van der Waals surface area contributed by atoms with E-state index >= 15 is 0 Å². The molecular weight excluding hydrogens is 799 g/mol. The molecule has 310 valence electrons. The number of para-hydroxylation sites is 2. The Morgan fingerprint density at radius 3 is 1.14 bits per heavy atom. The smallest absolute Gasteiger partial charge is 0.159 e. The van der Waals surface area contributed by atoms with Gasteiger partial charge in [-0.3, -0.25) is 0 Å². The molecule has 0 unspecified atom stereocenters. The number of rotatable bonds is 9. The third kappa shape index (κ3) is 6.93. The molecule has 0 atom stereocenters. The summed E-state index contributed by atoms with van der Waals surface area (Å²) in [6, 6.07) is 93.6. The fourth-order valence-electron chi connectivity index (χ4n) is 9.83. The van der Waals surface area contributed by atoms with Gasteiger partial charge in [0.1, 0.15) is 5.58 Å². The number of hydrogen-bond acceptors (Lipinski definition) is 2. The van der Waals surface area contributed by atoms with E-state index in [2.05, 4.69) is 266 Å². The first kappa shape index (κ1) is 38.9. The molecule has 1 aromatic heterocycles. The van der Waals surface area contributed by atoms with Crippen LogP contribution in [0, 0.1) is 0 Å². The Morgan fingerprint density at radius 2 is 0.606 bits per heavy atom. The number of fused-ring (bicyclic) bond motifs is 4. The molecule has 0 aliphatic carbocycles. The van der Waals surface area contributed by atoms with Crippen LogP contribution in [0.1, 0.15) is 0 Å². The van der Waals surface area contributed by atoms with E-state index in [0.29, 0.717) is 0 Å². The van der Waals surface area contributed by atoms with Crippen LogP contribution in [0.4, 0.5) is 17.1 Å². The molecule has 0 aliphatic rings. The van der Waals surface area contributed by atoms with Gasteiger partial charge >= 0.3 is 0 Å². The van der Waals surface area contributed by atoms with Gasteiger partial charge < -0.3 is 9.32 Å². The van der Waals surface area contributed by atoms with Crippen molar-refractivity contribution in [1.29, 1.82) is 0 Å². The first-order valence-electron chi connectivity index (χ1n) is 22.6. The summed E-state index contributed by atoms with van der Waals surface area (Å²) in [5.41, 5.74) is 18.9. The third-order valence-electron chi connectivity index (χ3n) is 12.9. The molecule has 0 saturated heterocycles.